The van der Waals surface area contributed by atoms with E-state index < -0.39 is 22.8 Å². The molecule has 1 amide bonds. The summed E-state index contributed by atoms with van der Waals surface area (Å²) in [6.45, 7) is -0.424. The number of methoxy groups -OCH3 is 1. The molecule has 28 heavy (non-hydrogen) atoms. The van der Waals surface area contributed by atoms with Gasteiger partial charge in [0, 0.05) is 6.07 Å². The molecule has 3 rings (SSSR count). The van der Waals surface area contributed by atoms with Gasteiger partial charge in [-0.3, -0.25) is 14.9 Å². The van der Waals surface area contributed by atoms with E-state index in [4.69, 9.17) is 4.74 Å². The van der Waals surface area contributed by atoms with Crippen LogP contribution in [-0.4, -0.2) is 43.0 Å². The van der Waals surface area contributed by atoms with Crippen molar-refractivity contribution in [3.05, 3.63) is 58.1 Å². The number of fused-ring (bicyclic) bond motifs is 1. The Morgan fingerprint density at radius 2 is 2.04 bits per heavy atom. The zero-order valence-corrected chi connectivity index (χ0v) is 14.7. The highest BCUT2D eigenvalue weighted by atomic mass is 16.6. The normalized spacial score (nSPS) is 12.6. The highest BCUT2D eigenvalue weighted by molar-refractivity contribution is 6.03. The van der Waals surface area contributed by atoms with Crippen LogP contribution >= 0.6 is 0 Å². The van der Waals surface area contributed by atoms with Crippen LogP contribution in [0.1, 0.15) is 10.4 Å². The number of hydrogen-bond donors (Lipinski definition) is 1. The number of benzene rings is 2. The van der Waals surface area contributed by atoms with Crippen molar-refractivity contribution < 1.29 is 28.8 Å². The van der Waals surface area contributed by atoms with Crippen molar-refractivity contribution in [2.75, 3.05) is 30.4 Å². The summed E-state index contributed by atoms with van der Waals surface area (Å²) in [7, 11) is 1.23. The molecule has 1 aliphatic rings. The van der Waals surface area contributed by atoms with Crippen LogP contribution in [0.2, 0.25) is 0 Å². The molecule has 1 aliphatic heterocycles. The molecular formula is C18H15N3O7. The lowest BCUT2D eigenvalue weighted by Crippen LogP contribution is -2.41. The van der Waals surface area contributed by atoms with Crippen LogP contribution < -0.4 is 15.0 Å². The number of nitro groups is 1. The molecule has 0 saturated carbocycles. The Balaban J connectivity index is 1.80. The third-order valence-electron chi connectivity index (χ3n) is 3.98. The summed E-state index contributed by atoms with van der Waals surface area (Å²) < 4.78 is 9.72. The van der Waals surface area contributed by atoms with Crippen LogP contribution in [0.3, 0.4) is 0 Å². The average molecular weight is 385 g/mol. The summed E-state index contributed by atoms with van der Waals surface area (Å²) in [5.41, 5.74) is 0.599. The van der Waals surface area contributed by atoms with Gasteiger partial charge in [0.05, 0.1) is 41.6 Å². The number of nitro benzene ring substituents is 1. The molecule has 2 aromatic carbocycles. The fourth-order valence-electron chi connectivity index (χ4n) is 2.74. The van der Waals surface area contributed by atoms with E-state index in [-0.39, 0.29) is 35.8 Å². The fourth-order valence-corrected chi connectivity index (χ4v) is 2.74. The number of nitrogens with one attached hydrogen (secondary N) is 1. The minimum Gasteiger partial charge on any atom is -0.465 e. The van der Waals surface area contributed by atoms with Crippen molar-refractivity contribution in [2.24, 2.45) is 0 Å². The first-order chi connectivity index (χ1) is 13.4. The first-order valence-corrected chi connectivity index (χ1v) is 8.10. The number of para-hydroxylation sites is 1. The Kier molecular flexibility index (Phi) is 5.21. The Labute approximate surface area is 158 Å². The van der Waals surface area contributed by atoms with Crippen molar-refractivity contribution in [2.45, 2.75) is 0 Å². The number of rotatable bonds is 5. The molecule has 2 aromatic rings. The van der Waals surface area contributed by atoms with Gasteiger partial charge in [-0.15, -0.1) is 0 Å². The predicted octanol–water partition coefficient (Wildman–Crippen LogP) is 1.75. The number of ether oxygens (including phenoxy) is 2. The van der Waals surface area contributed by atoms with E-state index in [9.17, 15) is 24.5 Å². The molecule has 0 unspecified atom stereocenters. The van der Waals surface area contributed by atoms with Crippen LogP contribution in [-0.2, 0) is 14.3 Å². The van der Waals surface area contributed by atoms with Crippen LogP contribution in [0.5, 0.6) is 5.75 Å². The van der Waals surface area contributed by atoms with Gasteiger partial charge in [0.15, 0.2) is 5.75 Å². The molecule has 0 bridgehead atoms. The second-order valence-electron chi connectivity index (χ2n) is 5.82. The van der Waals surface area contributed by atoms with Crippen molar-refractivity contribution in [3.8, 4) is 5.75 Å². The largest absolute Gasteiger partial charge is 0.465 e. The molecule has 10 heteroatoms. The standard InChI is InChI=1S/C18H15N3O7/c1-27-18(24)12-4-2-3-5-13(12)19-16(22)9-20-10-17(23)28-15-8-11(21(25)26)6-7-14(15)20/h2-8H,9-10H2,1H3,(H,19,22). The topological polar surface area (TPSA) is 128 Å². The predicted molar refractivity (Wildman–Crippen MR) is 97.4 cm³/mol. The monoisotopic (exact) mass is 385 g/mol. The van der Waals surface area contributed by atoms with E-state index in [1.54, 1.807) is 18.2 Å². The molecule has 0 aliphatic carbocycles. The van der Waals surface area contributed by atoms with E-state index in [1.165, 1.54) is 30.2 Å². The number of non-ortho nitro benzene ring substituents is 1. The first-order valence-electron chi connectivity index (χ1n) is 8.10. The maximum Gasteiger partial charge on any atom is 0.339 e. The van der Waals surface area contributed by atoms with Gasteiger partial charge in [-0.1, -0.05) is 12.1 Å². The lowest BCUT2D eigenvalue weighted by molar-refractivity contribution is -0.384. The number of anilines is 2. The van der Waals surface area contributed by atoms with Gasteiger partial charge < -0.3 is 19.7 Å². The molecule has 0 saturated heterocycles. The van der Waals surface area contributed by atoms with Crippen molar-refractivity contribution in [1.82, 2.24) is 0 Å². The minimum atomic E-state index is -0.643. The second kappa shape index (κ2) is 7.74. The molecular weight excluding hydrogens is 370 g/mol. The van der Waals surface area contributed by atoms with Gasteiger partial charge in [-0.25, -0.2) is 9.59 Å². The van der Waals surface area contributed by atoms with E-state index >= 15 is 0 Å². The zero-order valence-electron chi connectivity index (χ0n) is 14.7. The Bertz CT molecular complexity index is 973. The number of amides is 1. The van der Waals surface area contributed by atoms with Gasteiger partial charge in [0.1, 0.15) is 6.54 Å². The maximum absolute atomic E-state index is 12.5. The minimum absolute atomic E-state index is 0.00760. The summed E-state index contributed by atoms with van der Waals surface area (Å²) >= 11 is 0. The smallest absolute Gasteiger partial charge is 0.339 e. The molecule has 1 heterocycles. The number of esters is 2. The summed E-state index contributed by atoms with van der Waals surface area (Å²) in [6.07, 6.45) is 0. The summed E-state index contributed by atoms with van der Waals surface area (Å²) in [6, 6.07) is 10.1. The second-order valence-corrected chi connectivity index (χ2v) is 5.82. The van der Waals surface area contributed by atoms with E-state index in [0.29, 0.717) is 5.69 Å². The number of nitrogens with zero attached hydrogens (tertiary/aromatic N) is 2. The fraction of sp³-hybridized carbons (Fsp3) is 0.167. The van der Waals surface area contributed by atoms with E-state index in [1.807, 2.05) is 0 Å². The first kappa shape index (κ1) is 18.8. The molecule has 0 radical (unpaired) electrons. The highest BCUT2D eigenvalue weighted by Gasteiger charge is 2.28. The van der Waals surface area contributed by atoms with Gasteiger partial charge >= 0.3 is 11.9 Å². The molecule has 0 fully saturated rings. The molecule has 1 N–H and O–H groups in total. The number of hydrogen-bond acceptors (Lipinski definition) is 8. The highest BCUT2D eigenvalue weighted by Crippen LogP contribution is 2.35. The molecule has 10 nitrogen and oxygen atoms in total. The Morgan fingerprint density at radius 3 is 2.75 bits per heavy atom. The number of carbonyl (C=O) groups is 3. The van der Waals surface area contributed by atoms with Crippen LogP contribution in [0, 0.1) is 10.1 Å². The molecule has 0 spiro atoms. The van der Waals surface area contributed by atoms with Crippen molar-refractivity contribution in [1.29, 1.82) is 0 Å². The zero-order chi connectivity index (χ0) is 20.3. The lowest BCUT2D eigenvalue weighted by Gasteiger charge is -2.29. The van der Waals surface area contributed by atoms with Gasteiger partial charge in [-0.2, -0.15) is 0 Å². The molecule has 0 aromatic heterocycles. The van der Waals surface area contributed by atoms with E-state index in [0.717, 1.165) is 6.07 Å². The maximum atomic E-state index is 12.5. The third-order valence-corrected chi connectivity index (χ3v) is 3.98. The number of carbonyl (C=O) groups excluding carboxylic acids is 3. The molecule has 144 valence electrons. The van der Waals surface area contributed by atoms with Gasteiger partial charge in [-0.05, 0) is 18.2 Å². The quantitative estimate of drug-likeness (QED) is 0.357. The summed E-state index contributed by atoms with van der Waals surface area (Å²) in [5, 5.41) is 13.5. The van der Waals surface area contributed by atoms with Gasteiger partial charge in [0.2, 0.25) is 5.91 Å². The van der Waals surface area contributed by atoms with Crippen molar-refractivity contribution >= 4 is 34.9 Å². The lowest BCUT2D eigenvalue weighted by atomic mass is 10.1. The van der Waals surface area contributed by atoms with E-state index in [2.05, 4.69) is 10.1 Å². The summed E-state index contributed by atoms with van der Waals surface area (Å²) in [4.78, 5) is 47.8. The molecule has 0 atom stereocenters. The Hall–Kier alpha value is -3.95. The third kappa shape index (κ3) is 3.90. The van der Waals surface area contributed by atoms with Crippen molar-refractivity contribution in [3.63, 3.8) is 0 Å². The average Bonchev–Trinajstić information content (AvgIpc) is 2.67. The summed E-state index contributed by atoms with van der Waals surface area (Å²) in [5.74, 6) is -1.73. The van der Waals surface area contributed by atoms with Crippen LogP contribution in [0.15, 0.2) is 42.5 Å². The van der Waals surface area contributed by atoms with Crippen LogP contribution in [0.25, 0.3) is 0 Å². The SMILES string of the molecule is COC(=O)c1ccccc1NC(=O)CN1CC(=O)Oc2cc([N+](=O)[O-])ccc21. The van der Waals surface area contributed by atoms with Crippen LogP contribution in [0.4, 0.5) is 17.1 Å². The van der Waals surface area contributed by atoms with Gasteiger partial charge in [0.25, 0.3) is 5.69 Å². The Morgan fingerprint density at radius 1 is 1.29 bits per heavy atom.